The van der Waals surface area contributed by atoms with Crippen LogP contribution in [0.4, 0.5) is 0 Å². The number of aromatic nitrogens is 1. The van der Waals surface area contributed by atoms with E-state index in [1.54, 1.807) is 12.4 Å². The van der Waals surface area contributed by atoms with E-state index in [0.29, 0.717) is 0 Å². The molecule has 94 valence electrons. The fraction of sp³-hybridized carbons (Fsp3) is 0.583. The van der Waals surface area contributed by atoms with Gasteiger partial charge in [-0.2, -0.15) is 0 Å². The van der Waals surface area contributed by atoms with E-state index in [2.05, 4.69) is 15.2 Å². The van der Waals surface area contributed by atoms with Crippen molar-refractivity contribution >= 4 is 11.6 Å². The highest BCUT2D eigenvalue weighted by atomic mass is 35.5. The average Bonchev–Trinajstić information content (AvgIpc) is 2.38. The van der Waals surface area contributed by atoms with Crippen molar-refractivity contribution in [2.45, 2.75) is 6.54 Å². The predicted molar refractivity (Wildman–Crippen MR) is 68.2 cm³/mol. The Bertz CT molecular complexity index is 342. The molecule has 1 aromatic rings. The van der Waals surface area contributed by atoms with Crippen LogP contribution in [0.5, 0.6) is 0 Å². The van der Waals surface area contributed by atoms with Crippen molar-refractivity contribution in [2.75, 3.05) is 39.4 Å². The Kier molecular flexibility index (Phi) is 5.19. The minimum atomic E-state index is 0.728. The van der Waals surface area contributed by atoms with Crippen molar-refractivity contribution in [1.29, 1.82) is 0 Å². The number of halogens is 1. The van der Waals surface area contributed by atoms with Gasteiger partial charge in [0.25, 0.3) is 0 Å². The molecule has 0 saturated carbocycles. The molecular formula is C12H18ClN3O. The summed E-state index contributed by atoms with van der Waals surface area (Å²) >= 11 is 6.02. The molecule has 1 aliphatic rings. The minimum Gasteiger partial charge on any atom is -0.379 e. The highest BCUT2D eigenvalue weighted by Crippen LogP contribution is 2.12. The Morgan fingerprint density at radius 1 is 1.41 bits per heavy atom. The van der Waals surface area contributed by atoms with Gasteiger partial charge in [-0.25, -0.2) is 0 Å². The van der Waals surface area contributed by atoms with Gasteiger partial charge >= 0.3 is 0 Å². The number of nitrogens with zero attached hydrogens (tertiary/aromatic N) is 2. The van der Waals surface area contributed by atoms with Crippen molar-refractivity contribution in [1.82, 2.24) is 15.2 Å². The second-order valence-electron chi connectivity index (χ2n) is 4.10. The van der Waals surface area contributed by atoms with Gasteiger partial charge in [0.05, 0.1) is 18.2 Å². The standard InChI is InChI=1S/C12H18ClN3O/c13-12-10-14-2-1-11(12)9-15-3-4-16-5-7-17-8-6-16/h1-2,10,15H,3-9H2. The molecule has 0 bridgehead atoms. The van der Waals surface area contributed by atoms with Crippen LogP contribution in [0.25, 0.3) is 0 Å². The predicted octanol–water partition coefficient (Wildman–Crippen LogP) is 1.16. The molecule has 1 aliphatic heterocycles. The minimum absolute atomic E-state index is 0.728. The largest absolute Gasteiger partial charge is 0.379 e. The van der Waals surface area contributed by atoms with Crippen LogP contribution in [-0.2, 0) is 11.3 Å². The molecule has 0 aromatic carbocycles. The van der Waals surface area contributed by atoms with Gasteiger partial charge in [0, 0.05) is 45.1 Å². The van der Waals surface area contributed by atoms with Crippen LogP contribution in [-0.4, -0.2) is 49.3 Å². The number of nitrogens with one attached hydrogen (secondary N) is 1. The topological polar surface area (TPSA) is 37.4 Å². The number of rotatable bonds is 5. The van der Waals surface area contributed by atoms with Crippen molar-refractivity contribution in [3.63, 3.8) is 0 Å². The monoisotopic (exact) mass is 255 g/mol. The van der Waals surface area contributed by atoms with Gasteiger partial charge in [-0.15, -0.1) is 0 Å². The van der Waals surface area contributed by atoms with E-state index >= 15 is 0 Å². The Labute approximate surface area is 107 Å². The van der Waals surface area contributed by atoms with E-state index in [4.69, 9.17) is 16.3 Å². The molecule has 4 nitrogen and oxygen atoms in total. The van der Waals surface area contributed by atoms with Gasteiger partial charge in [-0.1, -0.05) is 11.6 Å². The van der Waals surface area contributed by atoms with Gasteiger partial charge in [0.1, 0.15) is 0 Å². The van der Waals surface area contributed by atoms with Crippen LogP contribution in [0.3, 0.4) is 0 Å². The molecule has 1 aromatic heterocycles. The Balaban J connectivity index is 1.64. The van der Waals surface area contributed by atoms with E-state index in [0.717, 1.165) is 56.5 Å². The lowest BCUT2D eigenvalue weighted by Gasteiger charge is -2.26. The normalized spacial score (nSPS) is 17.2. The summed E-state index contributed by atoms with van der Waals surface area (Å²) in [5, 5.41) is 4.12. The van der Waals surface area contributed by atoms with Gasteiger partial charge in [-0.05, 0) is 11.6 Å². The van der Waals surface area contributed by atoms with Crippen molar-refractivity contribution in [3.8, 4) is 0 Å². The molecule has 1 saturated heterocycles. The van der Waals surface area contributed by atoms with Gasteiger partial charge < -0.3 is 10.1 Å². The fourth-order valence-electron chi connectivity index (χ4n) is 1.83. The zero-order valence-electron chi connectivity index (χ0n) is 9.86. The van der Waals surface area contributed by atoms with Crippen LogP contribution in [0.1, 0.15) is 5.56 Å². The molecule has 1 fully saturated rings. The summed E-state index contributed by atoms with van der Waals surface area (Å²) in [6.45, 7) is 6.62. The second-order valence-corrected chi connectivity index (χ2v) is 4.51. The Hall–Kier alpha value is -0.680. The first-order chi connectivity index (χ1) is 8.36. The number of hydrogen-bond acceptors (Lipinski definition) is 4. The van der Waals surface area contributed by atoms with Gasteiger partial charge in [-0.3, -0.25) is 9.88 Å². The number of ether oxygens (including phenoxy) is 1. The number of morpholine rings is 1. The average molecular weight is 256 g/mol. The molecule has 0 amide bonds. The first kappa shape index (κ1) is 12.8. The van der Waals surface area contributed by atoms with Crippen molar-refractivity contribution < 1.29 is 4.74 Å². The molecule has 1 N–H and O–H groups in total. The second kappa shape index (κ2) is 6.91. The molecule has 0 unspecified atom stereocenters. The van der Waals surface area contributed by atoms with Crippen molar-refractivity contribution in [3.05, 3.63) is 29.0 Å². The molecule has 5 heteroatoms. The lowest BCUT2D eigenvalue weighted by Crippen LogP contribution is -2.40. The summed E-state index contributed by atoms with van der Waals surface area (Å²) in [5.41, 5.74) is 1.10. The zero-order chi connectivity index (χ0) is 11.9. The molecule has 0 radical (unpaired) electrons. The molecule has 0 aliphatic carbocycles. The molecule has 17 heavy (non-hydrogen) atoms. The van der Waals surface area contributed by atoms with Crippen LogP contribution in [0.15, 0.2) is 18.5 Å². The van der Waals surface area contributed by atoms with Crippen molar-refractivity contribution in [2.24, 2.45) is 0 Å². The van der Waals surface area contributed by atoms with Gasteiger partial charge in [0.2, 0.25) is 0 Å². The van der Waals surface area contributed by atoms with Crippen LogP contribution in [0.2, 0.25) is 5.02 Å². The quantitative estimate of drug-likeness (QED) is 0.802. The first-order valence-electron chi connectivity index (χ1n) is 5.95. The van der Waals surface area contributed by atoms with Crippen LogP contribution in [0, 0.1) is 0 Å². The Morgan fingerprint density at radius 3 is 3.00 bits per heavy atom. The third-order valence-corrected chi connectivity index (χ3v) is 3.22. The summed E-state index contributed by atoms with van der Waals surface area (Å²) in [7, 11) is 0. The highest BCUT2D eigenvalue weighted by molar-refractivity contribution is 6.31. The first-order valence-corrected chi connectivity index (χ1v) is 6.33. The highest BCUT2D eigenvalue weighted by Gasteiger charge is 2.09. The maximum Gasteiger partial charge on any atom is 0.0634 e. The lowest BCUT2D eigenvalue weighted by molar-refractivity contribution is 0.0384. The van der Waals surface area contributed by atoms with Gasteiger partial charge in [0.15, 0.2) is 0 Å². The van der Waals surface area contributed by atoms with E-state index in [9.17, 15) is 0 Å². The zero-order valence-corrected chi connectivity index (χ0v) is 10.6. The fourth-order valence-corrected chi connectivity index (χ4v) is 2.02. The summed E-state index contributed by atoms with van der Waals surface area (Å²) in [6.07, 6.45) is 3.45. The Morgan fingerprint density at radius 2 is 2.24 bits per heavy atom. The van der Waals surface area contributed by atoms with E-state index in [-0.39, 0.29) is 0 Å². The summed E-state index contributed by atoms with van der Waals surface area (Å²) in [4.78, 5) is 6.37. The van der Waals surface area contributed by atoms with E-state index in [1.807, 2.05) is 6.07 Å². The third kappa shape index (κ3) is 4.24. The number of pyridine rings is 1. The maximum absolute atomic E-state index is 6.02. The SMILES string of the molecule is Clc1cnccc1CNCCN1CCOCC1. The number of hydrogen-bond donors (Lipinski definition) is 1. The molecule has 0 atom stereocenters. The molecular weight excluding hydrogens is 238 g/mol. The van der Waals surface area contributed by atoms with Crippen LogP contribution >= 0.6 is 11.6 Å². The summed E-state index contributed by atoms with van der Waals surface area (Å²) in [5.74, 6) is 0. The maximum atomic E-state index is 6.02. The van der Waals surface area contributed by atoms with E-state index in [1.165, 1.54) is 0 Å². The lowest BCUT2D eigenvalue weighted by atomic mass is 10.2. The molecule has 2 heterocycles. The van der Waals surface area contributed by atoms with E-state index < -0.39 is 0 Å². The molecule has 2 rings (SSSR count). The molecule has 0 spiro atoms. The third-order valence-electron chi connectivity index (χ3n) is 2.88. The van der Waals surface area contributed by atoms with Crippen LogP contribution < -0.4 is 5.32 Å². The summed E-state index contributed by atoms with van der Waals surface area (Å²) < 4.78 is 5.30. The summed E-state index contributed by atoms with van der Waals surface area (Å²) in [6, 6.07) is 1.95. The smallest absolute Gasteiger partial charge is 0.0634 e.